The van der Waals surface area contributed by atoms with Crippen molar-refractivity contribution in [1.82, 2.24) is 9.78 Å². The number of rotatable bonds is 2. The van der Waals surface area contributed by atoms with E-state index in [1.54, 1.807) is 6.07 Å². The van der Waals surface area contributed by atoms with Crippen LogP contribution >= 0.6 is 15.9 Å². The Balaban J connectivity index is 2.26. The quantitative estimate of drug-likeness (QED) is 0.691. The molecule has 0 bridgehead atoms. The standard InChI is InChI=1S/C17H12BrN3/c1-12-9-16(13-5-3-2-4-6-13)21(20-12)17-10-15(18)8-7-14(17)11-19/h2-10H,1H3. The Hall–Kier alpha value is -2.38. The third-order valence-electron chi connectivity index (χ3n) is 3.21. The lowest BCUT2D eigenvalue weighted by Crippen LogP contribution is -2.02. The molecule has 4 heteroatoms. The number of aromatic nitrogens is 2. The molecule has 0 saturated carbocycles. The van der Waals surface area contributed by atoms with Crippen molar-refractivity contribution >= 4 is 15.9 Å². The van der Waals surface area contributed by atoms with Gasteiger partial charge in [-0.15, -0.1) is 0 Å². The third-order valence-corrected chi connectivity index (χ3v) is 3.70. The SMILES string of the molecule is Cc1cc(-c2ccccc2)n(-c2cc(Br)ccc2C#N)n1. The topological polar surface area (TPSA) is 41.6 Å². The third kappa shape index (κ3) is 2.61. The number of benzene rings is 2. The van der Waals surface area contributed by atoms with Gasteiger partial charge in [-0.05, 0) is 31.2 Å². The minimum atomic E-state index is 0.596. The number of halogens is 1. The molecule has 1 heterocycles. The molecule has 0 aliphatic heterocycles. The molecule has 3 nitrogen and oxygen atoms in total. The molecular weight excluding hydrogens is 326 g/mol. The molecule has 0 spiro atoms. The lowest BCUT2D eigenvalue weighted by molar-refractivity contribution is 0.866. The molecule has 0 amide bonds. The second kappa shape index (κ2) is 5.55. The molecule has 3 aromatic rings. The van der Waals surface area contributed by atoms with Crippen LogP contribution in [0.4, 0.5) is 0 Å². The first-order valence-corrected chi connectivity index (χ1v) is 7.30. The summed E-state index contributed by atoms with van der Waals surface area (Å²) in [5.41, 5.74) is 4.33. The first-order chi connectivity index (χ1) is 10.2. The van der Waals surface area contributed by atoms with Crippen molar-refractivity contribution in [2.45, 2.75) is 6.92 Å². The van der Waals surface area contributed by atoms with Gasteiger partial charge in [0.25, 0.3) is 0 Å². The summed E-state index contributed by atoms with van der Waals surface area (Å²) in [4.78, 5) is 0. The fourth-order valence-electron chi connectivity index (χ4n) is 2.27. The summed E-state index contributed by atoms with van der Waals surface area (Å²) in [6.07, 6.45) is 0. The van der Waals surface area contributed by atoms with Crippen LogP contribution in [-0.4, -0.2) is 9.78 Å². The summed E-state index contributed by atoms with van der Waals surface area (Å²) in [5, 5.41) is 13.9. The monoisotopic (exact) mass is 337 g/mol. The summed E-state index contributed by atoms with van der Waals surface area (Å²) < 4.78 is 2.75. The lowest BCUT2D eigenvalue weighted by atomic mass is 10.1. The van der Waals surface area contributed by atoms with Crippen LogP contribution in [0.25, 0.3) is 16.9 Å². The second-order valence-corrected chi connectivity index (χ2v) is 5.64. The van der Waals surface area contributed by atoms with Crippen LogP contribution in [0.15, 0.2) is 59.1 Å². The van der Waals surface area contributed by atoms with Crippen molar-refractivity contribution in [1.29, 1.82) is 5.26 Å². The van der Waals surface area contributed by atoms with E-state index in [0.29, 0.717) is 5.56 Å². The number of nitrogens with zero attached hydrogens (tertiary/aromatic N) is 3. The van der Waals surface area contributed by atoms with Crippen molar-refractivity contribution in [3.05, 3.63) is 70.3 Å². The van der Waals surface area contributed by atoms with Gasteiger partial charge in [-0.2, -0.15) is 10.4 Å². The van der Waals surface area contributed by atoms with Crippen LogP contribution in [0.1, 0.15) is 11.3 Å². The van der Waals surface area contributed by atoms with E-state index < -0.39 is 0 Å². The zero-order valence-electron chi connectivity index (χ0n) is 11.4. The van der Waals surface area contributed by atoms with Gasteiger partial charge in [0.2, 0.25) is 0 Å². The van der Waals surface area contributed by atoms with Crippen LogP contribution in [0.3, 0.4) is 0 Å². The Labute approximate surface area is 131 Å². The summed E-state index contributed by atoms with van der Waals surface area (Å²) in [7, 11) is 0. The van der Waals surface area contributed by atoms with Crippen molar-refractivity contribution in [3.63, 3.8) is 0 Å². The summed E-state index contributed by atoms with van der Waals surface area (Å²) >= 11 is 3.46. The lowest BCUT2D eigenvalue weighted by Gasteiger charge is -2.09. The minimum Gasteiger partial charge on any atom is -0.231 e. The molecule has 0 aliphatic carbocycles. The average Bonchev–Trinajstić information content (AvgIpc) is 2.90. The highest BCUT2D eigenvalue weighted by Gasteiger charge is 2.13. The first kappa shape index (κ1) is 13.6. The molecule has 102 valence electrons. The van der Waals surface area contributed by atoms with Crippen molar-refractivity contribution < 1.29 is 0 Å². The fourth-order valence-corrected chi connectivity index (χ4v) is 2.62. The molecule has 0 aliphatic rings. The molecule has 0 saturated heterocycles. The van der Waals surface area contributed by atoms with Crippen LogP contribution < -0.4 is 0 Å². The van der Waals surface area contributed by atoms with Crippen LogP contribution in [0.2, 0.25) is 0 Å². The Kier molecular flexibility index (Phi) is 3.59. The maximum absolute atomic E-state index is 9.33. The molecule has 0 radical (unpaired) electrons. The van der Waals surface area contributed by atoms with E-state index in [1.165, 1.54) is 0 Å². The van der Waals surface area contributed by atoms with Crippen molar-refractivity contribution in [2.24, 2.45) is 0 Å². The van der Waals surface area contributed by atoms with Crippen molar-refractivity contribution in [2.75, 3.05) is 0 Å². The van der Waals surface area contributed by atoms with E-state index in [2.05, 4.69) is 27.1 Å². The van der Waals surface area contributed by atoms with Crippen LogP contribution in [-0.2, 0) is 0 Å². The zero-order chi connectivity index (χ0) is 14.8. The van der Waals surface area contributed by atoms with Gasteiger partial charge in [0.05, 0.1) is 22.6 Å². The maximum Gasteiger partial charge on any atom is 0.101 e. The van der Waals surface area contributed by atoms with E-state index in [4.69, 9.17) is 0 Å². The molecule has 0 unspecified atom stereocenters. The number of nitriles is 1. The molecule has 21 heavy (non-hydrogen) atoms. The highest BCUT2D eigenvalue weighted by molar-refractivity contribution is 9.10. The Bertz CT molecular complexity index is 829. The Morgan fingerprint density at radius 1 is 1.10 bits per heavy atom. The van der Waals surface area contributed by atoms with Gasteiger partial charge in [0.15, 0.2) is 0 Å². The zero-order valence-corrected chi connectivity index (χ0v) is 13.0. The second-order valence-electron chi connectivity index (χ2n) is 4.72. The molecule has 1 aromatic heterocycles. The number of aryl methyl sites for hydroxylation is 1. The van der Waals surface area contributed by atoms with Gasteiger partial charge in [0, 0.05) is 10.0 Å². The molecule has 0 fully saturated rings. The molecule has 0 atom stereocenters. The summed E-state index contributed by atoms with van der Waals surface area (Å²) in [6.45, 7) is 1.95. The largest absolute Gasteiger partial charge is 0.231 e. The molecule has 3 rings (SSSR count). The summed E-state index contributed by atoms with van der Waals surface area (Å²) in [6, 6.07) is 19.9. The summed E-state index contributed by atoms with van der Waals surface area (Å²) in [5.74, 6) is 0. The predicted molar refractivity (Wildman–Crippen MR) is 86.2 cm³/mol. The number of hydrogen-bond acceptors (Lipinski definition) is 2. The Morgan fingerprint density at radius 2 is 1.86 bits per heavy atom. The van der Waals surface area contributed by atoms with E-state index in [1.807, 2.05) is 60.1 Å². The Morgan fingerprint density at radius 3 is 2.57 bits per heavy atom. The van der Waals surface area contributed by atoms with E-state index >= 15 is 0 Å². The molecule has 2 aromatic carbocycles. The van der Waals surface area contributed by atoms with E-state index in [-0.39, 0.29) is 0 Å². The van der Waals surface area contributed by atoms with E-state index in [0.717, 1.165) is 27.1 Å². The van der Waals surface area contributed by atoms with E-state index in [9.17, 15) is 5.26 Å². The fraction of sp³-hybridized carbons (Fsp3) is 0.0588. The van der Waals surface area contributed by atoms with Gasteiger partial charge >= 0.3 is 0 Å². The number of hydrogen-bond donors (Lipinski definition) is 0. The predicted octanol–water partition coefficient (Wildman–Crippen LogP) is 4.48. The van der Waals surface area contributed by atoms with Gasteiger partial charge in [-0.1, -0.05) is 46.3 Å². The van der Waals surface area contributed by atoms with Crippen molar-refractivity contribution in [3.8, 4) is 23.0 Å². The highest BCUT2D eigenvalue weighted by Crippen LogP contribution is 2.27. The maximum atomic E-state index is 9.33. The van der Waals surface area contributed by atoms with Gasteiger partial charge in [-0.25, -0.2) is 4.68 Å². The first-order valence-electron chi connectivity index (χ1n) is 6.51. The highest BCUT2D eigenvalue weighted by atomic mass is 79.9. The van der Waals surface area contributed by atoms with Crippen LogP contribution in [0.5, 0.6) is 0 Å². The molecular formula is C17H12BrN3. The molecule has 0 N–H and O–H groups in total. The van der Waals surface area contributed by atoms with Gasteiger partial charge < -0.3 is 0 Å². The average molecular weight is 338 g/mol. The normalized spacial score (nSPS) is 10.3. The van der Waals surface area contributed by atoms with Gasteiger partial charge in [0.1, 0.15) is 6.07 Å². The smallest absolute Gasteiger partial charge is 0.101 e. The van der Waals surface area contributed by atoms with Gasteiger partial charge in [-0.3, -0.25) is 0 Å². The minimum absolute atomic E-state index is 0.596. The van der Waals surface area contributed by atoms with Crippen LogP contribution in [0, 0.1) is 18.3 Å².